The molecule has 0 saturated heterocycles. The molecular formula is C31H33N3O6S. The van der Waals surface area contributed by atoms with Gasteiger partial charge < -0.3 is 38.9 Å². The van der Waals surface area contributed by atoms with Crippen molar-refractivity contribution in [1.82, 2.24) is 9.88 Å². The molecule has 0 aliphatic carbocycles. The fraction of sp³-hybridized carbons (Fsp3) is 0.290. The summed E-state index contributed by atoms with van der Waals surface area (Å²) < 4.78 is 27.8. The Hall–Kier alpha value is -4.44. The summed E-state index contributed by atoms with van der Waals surface area (Å²) in [5.74, 6) is 3.41. The standard InChI is InChI=1S/C31H33N3O6S/c1-4-38-24-8-6-23(7-9-24)32-31(41)34(12-11-20-5-10-26(36-2)27(15-20)37-3)19-22-16-21-17-28-29(40-14-13-39-28)18-25(21)33-30(22)35/h5-10,15-18H,4,11-14,19H2,1-3H3,(H,32,41)(H,33,35). The van der Waals surface area contributed by atoms with Gasteiger partial charge in [0.1, 0.15) is 19.0 Å². The SMILES string of the molecule is CCOc1ccc(NC(=S)N(CCc2ccc(OC)c(OC)c2)Cc2cc3cc4c(cc3[nH]c2=O)OCCO4)cc1. The number of benzene rings is 3. The number of fused-ring (bicyclic) bond motifs is 2. The Morgan fingerprint density at radius 1 is 0.976 bits per heavy atom. The Morgan fingerprint density at radius 3 is 2.41 bits per heavy atom. The molecule has 0 saturated carbocycles. The third-order valence-corrected chi connectivity index (χ3v) is 7.13. The number of nitrogens with zero attached hydrogens (tertiary/aromatic N) is 1. The Labute approximate surface area is 243 Å². The molecule has 0 radical (unpaired) electrons. The molecule has 0 amide bonds. The van der Waals surface area contributed by atoms with Gasteiger partial charge in [0.05, 0.1) is 32.9 Å². The second-order valence-electron chi connectivity index (χ2n) is 9.46. The second kappa shape index (κ2) is 12.8. The zero-order chi connectivity index (χ0) is 28.8. The summed E-state index contributed by atoms with van der Waals surface area (Å²) in [6, 6.07) is 19.0. The van der Waals surface area contributed by atoms with Gasteiger partial charge in [-0.05, 0) is 79.7 Å². The van der Waals surface area contributed by atoms with E-state index < -0.39 is 0 Å². The average Bonchev–Trinajstić information content (AvgIpc) is 2.99. The van der Waals surface area contributed by atoms with E-state index in [0.29, 0.717) is 78.5 Å². The Kier molecular flexibility index (Phi) is 8.79. The van der Waals surface area contributed by atoms with Crippen molar-refractivity contribution in [3.63, 3.8) is 0 Å². The highest BCUT2D eigenvalue weighted by atomic mass is 32.1. The Morgan fingerprint density at radius 2 is 1.71 bits per heavy atom. The molecule has 0 unspecified atom stereocenters. The smallest absolute Gasteiger partial charge is 0.253 e. The first kappa shape index (κ1) is 28.1. The molecule has 0 spiro atoms. The maximum atomic E-state index is 13.2. The third kappa shape index (κ3) is 6.66. The number of nitrogens with one attached hydrogen (secondary N) is 2. The van der Waals surface area contributed by atoms with Crippen molar-refractivity contribution in [1.29, 1.82) is 0 Å². The Balaban J connectivity index is 1.40. The normalized spacial score (nSPS) is 12.1. The van der Waals surface area contributed by atoms with Crippen molar-refractivity contribution in [3.05, 3.63) is 82.1 Å². The van der Waals surface area contributed by atoms with Gasteiger partial charge in [-0.15, -0.1) is 0 Å². The summed E-state index contributed by atoms with van der Waals surface area (Å²) in [7, 11) is 3.23. The quantitative estimate of drug-likeness (QED) is 0.249. The molecule has 10 heteroatoms. The van der Waals surface area contributed by atoms with Gasteiger partial charge in [-0.25, -0.2) is 0 Å². The minimum absolute atomic E-state index is 0.186. The maximum Gasteiger partial charge on any atom is 0.253 e. The maximum absolute atomic E-state index is 13.2. The van der Waals surface area contributed by atoms with E-state index in [1.807, 2.05) is 72.5 Å². The first-order chi connectivity index (χ1) is 20.0. The topological polar surface area (TPSA) is 94.3 Å². The van der Waals surface area contributed by atoms with Crippen LogP contribution in [-0.2, 0) is 13.0 Å². The summed E-state index contributed by atoms with van der Waals surface area (Å²) in [5.41, 5.74) is 2.96. The average molecular weight is 576 g/mol. The molecule has 9 nitrogen and oxygen atoms in total. The molecule has 0 fully saturated rings. The van der Waals surface area contributed by atoms with Crippen LogP contribution in [0.5, 0.6) is 28.7 Å². The third-order valence-electron chi connectivity index (χ3n) is 6.77. The summed E-state index contributed by atoms with van der Waals surface area (Å²) in [4.78, 5) is 18.2. The van der Waals surface area contributed by atoms with Crippen molar-refractivity contribution >= 4 is 33.9 Å². The lowest BCUT2D eigenvalue weighted by atomic mass is 10.1. The number of anilines is 1. The number of aromatic nitrogens is 1. The monoisotopic (exact) mass is 575 g/mol. The second-order valence-corrected chi connectivity index (χ2v) is 9.84. The fourth-order valence-corrected chi connectivity index (χ4v) is 4.94. The predicted molar refractivity (Wildman–Crippen MR) is 163 cm³/mol. The largest absolute Gasteiger partial charge is 0.494 e. The molecule has 1 aromatic heterocycles. The lowest BCUT2D eigenvalue weighted by molar-refractivity contribution is 0.172. The number of hydrogen-bond acceptors (Lipinski definition) is 7. The van der Waals surface area contributed by atoms with E-state index in [4.69, 9.17) is 35.9 Å². The Bertz CT molecular complexity index is 1590. The van der Waals surface area contributed by atoms with E-state index in [1.54, 1.807) is 14.2 Å². The van der Waals surface area contributed by atoms with Crippen LogP contribution in [-0.4, -0.2) is 55.6 Å². The van der Waals surface area contributed by atoms with Crippen LogP contribution in [0, 0.1) is 0 Å². The van der Waals surface area contributed by atoms with Gasteiger partial charge in [0.15, 0.2) is 28.1 Å². The number of rotatable bonds is 10. The summed E-state index contributed by atoms with van der Waals surface area (Å²) in [6.45, 7) is 4.37. The first-order valence-corrected chi connectivity index (χ1v) is 13.8. The van der Waals surface area contributed by atoms with Crippen LogP contribution < -0.4 is 34.6 Å². The summed E-state index contributed by atoms with van der Waals surface area (Å²) in [6.07, 6.45) is 0.662. The lowest BCUT2D eigenvalue weighted by Crippen LogP contribution is -2.37. The van der Waals surface area contributed by atoms with Crippen molar-refractivity contribution < 1.29 is 23.7 Å². The van der Waals surface area contributed by atoms with E-state index in [-0.39, 0.29) is 5.56 Å². The molecule has 41 heavy (non-hydrogen) atoms. The number of thiocarbonyl (C=S) groups is 1. The fourth-order valence-electron chi connectivity index (χ4n) is 4.67. The molecule has 2 heterocycles. The van der Waals surface area contributed by atoms with Gasteiger partial charge >= 0.3 is 0 Å². The zero-order valence-electron chi connectivity index (χ0n) is 23.3. The van der Waals surface area contributed by atoms with Crippen LogP contribution in [0.15, 0.2) is 65.5 Å². The highest BCUT2D eigenvalue weighted by Crippen LogP contribution is 2.34. The first-order valence-electron chi connectivity index (χ1n) is 13.4. The number of H-pyrrole nitrogens is 1. The molecule has 0 bridgehead atoms. The predicted octanol–water partition coefficient (Wildman–Crippen LogP) is 5.16. The number of aromatic amines is 1. The van der Waals surface area contributed by atoms with E-state index in [2.05, 4.69) is 10.3 Å². The van der Waals surface area contributed by atoms with Gasteiger partial charge in [0.25, 0.3) is 5.56 Å². The van der Waals surface area contributed by atoms with E-state index in [9.17, 15) is 4.79 Å². The highest BCUT2D eigenvalue weighted by Gasteiger charge is 2.17. The number of ether oxygens (including phenoxy) is 5. The van der Waals surface area contributed by atoms with Crippen molar-refractivity contribution in [2.75, 3.05) is 45.9 Å². The highest BCUT2D eigenvalue weighted by molar-refractivity contribution is 7.80. The summed E-state index contributed by atoms with van der Waals surface area (Å²) >= 11 is 5.85. The molecule has 214 valence electrons. The molecule has 1 aliphatic heterocycles. The molecule has 5 rings (SSSR count). The van der Waals surface area contributed by atoms with Crippen molar-refractivity contribution in [3.8, 4) is 28.7 Å². The minimum Gasteiger partial charge on any atom is -0.494 e. The zero-order valence-corrected chi connectivity index (χ0v) is 24.1. The van der Waals surface area contributed by atoms with Crippen LogP contribution >= 0.6 is 12.2 Å². The number of hydrogen-bond donors (Lipinski definition) is 2. The van der Waals surface area contributed by atoms with Crippen molar-refractivity contribution in [2.45, 2.75) is 19.9 Å². The van der Waals surface area contributed by atoms with Gasteiger partial charge in [-0.2, -0.15) is 0 Å². The van der Waals surface area contributed by atoms with Gasteiger partial charge in [0, 0.05) is 29.2 Å². The molecule has 2 N–H and O–H groups in total. The number of pyridine rings is 1. The van der Waals surface area contributed by atoms with E-state index in [0.717, 1.165) is 22.4 Å². The van der Waals surface area contributed by atoms with E-state index >= 15 is 0 Å². The lowest BCUT2D eigenvalue weighted by Gasteiger charge is -2.26. The number of methoxy groups -OCH3 is 2. The van der Waals surface area contributed by atoms with Gasteiger partial charge in [0.2, 0.25) is 0 Å². The molecular weight excluding hydrogens is 542 g/mol. The van der Waals surface area contributed by atoms with Crippen LogP contribution in [0.1, 0.15) is 18.1 Å². The van der Waals surface area contributed by atoms with Crippen molar-refractivity contribution in [2.24, 2.45) is 0 Å². The van der Waals surface area contributed by atoms with Crippen LogP contribution in [0.3, 0.4) is 0 Å². The minimum atomic E-state index is -0.186. The molecule has 0 atom stereocenters. The van der Waals surface area contributed by atoms with Crippen LogP contribution in [0.4, 0.5) is 5.69 Å². The van der Waals surface area contributed by atoms with Gasteiger partial charge in [-0.3, -0.25) is 4.79 Å². The summed E-state index contributed by atoms with van der Waals surface area (Å²) in [5, 5.41) is 4.67. The van der Waals surface area contributed by atoms with Crippen LogP contribution in [0.25, 0.3) is 10.9 Å². The van der Waals surface area contributed by atoms with E-state index in [1.165, 1.54) is 0 Å². The molecule has 3 aromatic carbocycles. The van der Waals surface area contributed by atoms with Gasteiger partial charge in [-0.1, -0.05) is 6.07 Å². The molecule has 1 aliphatic rings. The van der Waals surface area contributed by atoms with Crippen LogP contribution in [0.2, 0.25) is 0 Å². The molecule has 4 aromatic rings.